The molecule has 0 aliphatic rings. The van der Waals surface area contributed by atoms with Crippen molar-refractivity contribution in [1.29, 1.82) is 0 Å². The van der Waals surface area contributed by atoms with Crippen LogP contribution in [0.4, 0.5) is 0 Å². The Labute approximate surface area is 134 Å². The summed E-state index contributed by atoms with van der Waals surface area (Å²) in [4.78, 5) is 0. The van der Waals surface area contributed by atoms with E-state index < -0.39 is 0 Å². The van der Waals surface area contributed by atoms with E-state index in [1.165, 1.54) is 16.7 Å². The molecule has 2 rings (SSSR count). The first kappa shape index (κ1) is 16.0. The molecule has 0 saturated carbocycles. The van der Waals surface area contributed by atoms with Gasteiger partial charge in [0.05, 0.1) is 19.3 Å². The number of hydrogen-bond acceptors (Lipinski definition) is 3. The van der Waals surface area contributed by atoms with Crippen LogP contribution < -0.4 is 10.1 Å². The quantitative estimate of drug-likeness (QED) is 0.894. The minimum Gasteiger partial charge on any atom is -0.493 e. The van der Waals surface area contributed by atoms with Gasteiger partial charge in [-0.25, -0.2) is 0 Å². The summed E-state index contributed by atoms with van der Waals surface area (Å²) in [6.07, 6.45) is 1.78. The van der Waals surface area contributed by atoms with Gasteiger partial charge >= 0.3 is 0 Å². The Morgan fingerprint density at radius 3 is 2.43 bits per heavy atom. The monoisotopic (exact) mass is 351 g/mol. The molecule has 0 aliphatic heterocycles. The highest BCUT2D eigenvalue weighted by atomic mass is 79.9. The highest BCUT2D eigenvalue weighted by molar-refractivity contribution is 9.10. The molecule has 21 heavy (non-hydrogen) atoms. The Kier molecular flexibility index (Phi) is 5.06. The average Bonchev–Trinajstić information content (AvgIpc) is 2.88. The molecule has 0 aliphatic carbocycles. The summed E-state index contributed by atoms with van der Waals surface area (Å²) in [6.45, 7) is 7.12. The second-order valence-electron chi connectivity index (χ2n) is 5.10. The topological polar surface area (TPSA) is 39.1 Å². The van der Waals surface area contributed by atoms with Crippen molar-refractivity contribution in [2.45, 2.75) is 33.4 Å². The van der Waals surface area contributed by atoms with Crippen molar-refractivity contribution in [2.75, 3.05) is 14.2 Å². The minimum absolute atomic E-state index is 0.0490. The van der Waals surface area contributed by atoms with Gasteiger partial charge in [-0.2, -0.15) is 5.10 Å². The van der Waals surface area contributed by atoms with Crippen molar-refractivity contribution >= 4 is 15.9 Å². The van der Waals surface area contributed by atoms with Gasteiger partial charge in [0.15, 0.2) is 5.75 Å². The minimum atomic E-state index is 0.0490. The van der Waals surface area contributed by atoms with Crippen molar-refractivity contribution < 1.29 is 4.74 Å². The molecule has 5 heteroatoms. The first-order chi connectivity index (χ1) is 10.0. The van der Waals surface area contributed by atoms with Gasteiger partial charge in [0.1, 0.15) is 5.69 Å². The number of nitrogens with one attached hydrogen (secondary N) is 1. The molecule has 0 saturated heterocycles. The van der Waals surface area contributed by atoms with E-state index in [-0.39, 0.29) is 6.04 Å². The third-order valence-electron chi connectivity index (χ3n) is 3.72. The Bertz CT molecular complexity index is 592. The SMILES string of the molecule is CCn1ncc(OC)c1C(NC)c1cc(C)c(Br)c(C)c1. The van der Waals surface area contributed by atoms with Crippen LogP contribution in [0.3, 0.4) is 0 Å². The van der Waals surface area contributed by atoms with Gasteiger partial charge in [-0.1, -0.05) is 28.1 Å². The summed E-state index contributed by atoms with van der Waals surface area (Å²) in [6, 6.07) is 4.45. The van der Waals surface area contributed by atoms with Crippen LogP contribution in [0.1, 0.15) is 35.3 Å². The molecule has 2 aromatic rings. The number of ether oxygens (including phenoxy) is 1. The van der Waals surface area contributed by atoms with Crippen molar-refractivity contribution in [3.63, 3.8) is 0 Å². The molecule has 1 aromatic heterocycles. The largest absolute Gasteiger partial charge is 0.493 e. The maximum absolute atomic E-state index is 5.48. The van der Waals surface area contributed by atoms with Crippen LogP contribution in [0.15, 0.2) is 22.8 Å². The van der Waals surface area contributed by atoms with E-state index in [0.29, 0.717) is 0 Å². The maximum Gasteiger partial charge on any atom is 0.161 e. The van der Waals surface area contributed by atoms with Crippen LogP contribution in [0.25, 0.3) is 0 Å². The molecular weight excluding hydrogens is 330 g/mol. The van der Waals surface area contributed by atoms with Crippen molar-refractivity contribution in [3.8, 4) is 5.75 Å². The average molecular weight is 352 g/mol. The maximum atomic E-state index is 5.48. The van der Waals surface area contributed by atoms with E-state index in [0.717, 1.165) is 22.5 Å². The molecule has 0 bridgehead atoms. The van der Waals surface area contributed by atoms with Crippen molar-refractivity contribution in [3.05, 3.63) is 45.2 Å². The number of halogens is 1. The molecule has 114 valence electrons. The second-order valence-corrected chi connectivity index (χ2v) is 5.90. The number of aryl methyl sites for hydroxylation is 3. The Balaban J connectivity index is 2.57. The summed E-state index contributed by atoms with van der Waals surface area (Å²) < 4.78 is 8.63. The van der Waals surface area contributed by atoms with Gasteiger partial charge in [-0.15, -0.1) is 0 Å². The molecule has 1 N–H and O–H groups in total. The first-order valence-electron chi connectivity index (χ1n) is 7.07. The lowest BCUT2D eigenvalue weighted by Crippen LogP contribution is -2.22. The molecule has 1 aromatic carbocycles. The van der Waals surface area contributed by atoms with Crippen LogP contribution in [-0.4, -0.2) is 23.9 Å². The van der Waals surface area contributed by atoms with Crippen molar-refractivity contribution in [2.24, 2.45) is 0 Å². The van der Waals surface area contributed by atoms with Crippen LogP contribution >= 0.6 is 15.9 Å². The molecule has 0 spiro atoms. The fourth-order valence-electron chi connectivity index (χ4n) is 2.69. The highest BCUT2D eigenvalue weighted by Crippen LogP contribution is 2.33. The van der Waals surface area contributed by atoms with Gasteiger partial charge < -0.3 is 10.1 Å². The normalized spacial score (nSPS) is 12.5. The van der Waals surface area contributed by atoms with E-state index >= 15 is 0 Å². The van der Waals surface area contributed by atoms with Gasteiger partial charge in [0.25, 0.3) is 0 Å². The molecule has 4 nitrogen and oxygen atoms in total. The second kappa shape index (κ2) is 6.62. The molecule has 0 radical (unpaired) electrons. The van der Waals surface area contributed by atoms with Gasteiger partial charge in [-0.3, -0.25) is 4.68 Å². The van der Waals surface area contributed by atoms with Crippen LogP contribution in [0.5, 0.6) is 5.75 Å². The summed E-state index contributed by atoms with van der Waals surface area (Å²) >= 11 is 3.63. The predicted molar refractivity (Wildman–Crippen MR) is 89.0 cm³/mol. The molecular formula is C16H22BrN3O. The number of methoxy groups -OCH3 is 1. The van der Waals surface area contributed by atoms with E-state index in [1.54, 1.807) is 13.3 Å². The van der Waals surface area contributed by atoms with E-state index in [1.807, 2.05) is 11.7 Å². The zero-order valence-corrected chi connectivity index (χ0v) is 14.8. The molecule has 0 amide bonds. The van der Waals surface area contributed by atoms with E-state index in [2.05, 4.69) is 59.2 Å². The fourth-order valence-corrected chi connectivity index (χ4v) is 2.91. The summed E-state index contributed by atoms with van der Waals surface area (Å²) in [5, 5.41) is 7.79. The number of nitrogens with zero attached hydrogens (tertiary/aromatic N) is 2. The molecule has 0 fully saturated rings. The number of rotatable bonds is 5. The zero-order valence-electron chi connectivity index (χ0n) is 13.2. The standard InChI is InChI=1S/C16H22BrN3O/c1-6-20-16(13(21-5)9-19-20)15(18-4)12-7-10(2)14(17)11(3)8-12/h7-9,15,18H,6H2,1-5H3. The number of hydrogen-bond donors (Lipinski definition) is 1. The highest BCUT2D eigenvalue weighted by Gasteiger charge is 2.22. The van der Waals surface area contributed by atoms with Gasteiger partial charge in [0.2, 0.25) is 0 Å². The lowest BCUT2D eigenvalue weighted by atomic mass is 9.98. The zero-order chi connectivity index (χ0) is 15.6. The van der Waals surface area contributed by atoms with Crippen LogP contribution in [0, 0.1) is 13.8 Å². The Morgan fingerprint density at radius 1 is 1.33 bits per heavy atom. The summed E-state index contributed by atoms with van der Waals surface area (Å²) in [5.41, 5.74) is 4.73. The first-order valence-corrected chi connectivity index (χ1v) is 7.86. The van der Waals surface area contributed by atoms with Gasteiger partial charge in [0, 0.05) is 11.0 Å². The van der Waals surface area contributed by atoms with Crippen LogP contribution in [-0.2, 0) is 6.54 Å². The third-order valence-corrected chi connectivity index (χ3v) is 4.97. The third kappa shape index (κ3) is 2.99. The van der Waals surface area contributed by atoms with E-state index in [9.17, 15) is 0 Å². The molecule has 1 heterocycles. The lowest BCUT2D eigenvalue weighted by molar-refractivity contribution is 0.401. The number of aromatic nitrogens is 2. The fraction of sp³-hybridized carbons (Fsp3) is 0.438. The van der Waals surface area contributed by atoms with E-state index in [4.69, 9.17) is 4.74 Å². The summed E-state index contributed by atoms with van der Waals surface area (Å²) in [7, 11) is 3.65. The summed E-state index contributed by atoms with van der Waals surface area (Å²) in [5.74, 6) is 0.814. The van der Waals surface area contributed by atoms with Crippen molar-refractivity contribution in [1.82, 2.24) is 15.1 Å². The smallest absolute Gasteiger partial charge is 0.161 e. The number of benzene rings is 1. The molecule has 1 atom stereocenters. The van der Waals surface area contributed by atoms with Gasteiger partial charge in [-0.05, 0) is 44.5 Å². The lowest BCUT2D eigenvalue weighted by Gasteiger charge is -2.21. The Hall–Kier alpha value is -1.33. The van der Waals surface area contributed by atoms with Crippen LogP contribution in [0.2, 0.25) is 0 Å². The molecule has 1 unspecified atom stereocenters. The predicted octanol–water partition coefficient (Wildman–Crippen LogP) is 3.60. The Morgan fingerprint density at radius 2 is 1.95 bits per heavy atom.